The molecule has 2 atom stereocenters. The maximum Gasteiger partial charge on any atom is 0.110 e. The van der Waals surface area contributed by atoms with Crippen molar-refractivity contribution in [1.82, 2.24) is 15.5 Å². The number of aromatic amines is 1. The second kappa shape index (κ2) is 3.33. The zero-order valence-electron chi connectivity index (χ0n) is 10.0. The van der Waals surface area contributed by atoms with Gasteiger partial charge in [-0.3, -0.25) is 5.10 Å². The van der Waals surface area contributed by atoms with E-state index in [0.717, 1.165) is 29.9 Å². The Balaban J connectivity index is 1.90. The van der Waals surface area contributed by atoms with Crippen LogP contribution in [0.15, 0.2) is 18.2 Å². The summed E-state index contributed by atoms with van der Waals surface area (Å²) in [5.41, 5.74) is 2.96. The Kier molecular flexibility index (Phi) is 1.87. The van der Waals surface area contributed by atoms with Crippen LogP contribution in [0.5, 0.6) is 0 Å². The van der Waals surface area contributed by atoms with Crippen LogP contribution in [-0.4, -0.2) is 23.3 Å². The third-order valence-electron chi connectivity index (χ3n) is 4.55. The molecule has 2 fully saturated rings. The van der Waals surface area contributed by atoms with Crippen LogP contribution in [0.2, 0.25) is 0 Å². The van der Waals surface area contributed by atoms with Crippen molar-refractivity contribution < 1.29 is 0 Å². The smallest absolute Gasteiger partial charge is 0.110 e. The molecule has 2 aliphatic rings. The molecule has 0 amide bonds. The van der Waals surface area contributed by atoms with E-state index in [-0.39, 0.29) is 5.41 Å². The highest BCUT2D eigenvalue weighted by molar-refractivity contribution is 5.87. The molecule has 1 saturated heterocycles. The fourth-order valence-electron chi connectivity index (χ4n) is 3.47. The SMILES string of the molecule is N#Cc1cccc2c(C34CNCCC3C4)[nH]nc12. The van der Waals surface area contributed by atoms with Crippen molar-refractivity contribution in [2.45, 2.75) is 18.3 Å². The van der Waals surface area contributed by atoms with Gasteiger partial charge in [0.05, 0.1) is 11.3 Å². The molecular weight excluding hydrogens is 224 g/mol. The van der Waals surface area contributed by atoms with Gasteiger partial charge in [0, 0.05) is 17.3 Å². The lowest BCUT2D eigenvalue weighted by Crippen LogP contribution is -2.34. The lowest BCUT2D eigenvalue weighted by Gasteiger charge is -2.22. The number of para-hydroxylation sites is 1. The molecule has 18 heavy (non-hydrogen) atoms. The summed E-state index contributed by atoms with van der Waals surface area (Å²) >= 11 is 0. The van der Waals surface area contributed by atoms with Crippen LogP contribution in [-0.2, 0) is 5.41 Å². The average Bonchev–Trinajstić information content (AvgIpc) is 3.00. The van der Waals surface area contributed by atoms with Crippen LogP contribution >= 0.6 is 0 Å². The Hall–Kier alpha value is -1.86. The topological polar surface area (TPSA) is 64.5 Å². The quantitative estimate of drug-likeness (QED) is 0.794. The zero-order valence-corrected chi connectivity index (χ0v) is 10.0. The number of piperidine rings is 1. The highest BCUT2D eigenvalue weighted by Crippen LogP contribution is 2.57. The first-order valence-corrected chi connectivity index (χ1v) is 6.43. The first-order chi connectivity index (χ1) is 8.85. The van der Waals surface area contributed by atoms with E-state index >= 15 is 0 Å². The number of H-pyrrole nitrogens is 1. The number of fused-ring (bicyclic) bond motifs is 2. The molecule has 1 saturated carbocycles. The van der Waals surface area contributed by atoms with Crippen LogP contribution in [0.4, 0.5) is 0 Å². The second-order valence-corrected chi connectivity index (χ2v) is 5.43. The zero-order chi connectivity index (χ0) is 12.2. The molecule has 2 heterocycles. The Morgan fingerprint density at radius 1 is 1.44 bits per heavy atom. The van der Waals surface area contributed by atoms with Gasteiger partial charge in [-0.05, 0) is 31.4 Å². The molecule has 2 aromatic rings. The van der Waals surface area contributed by atoms with Gasteiger partial charge in [0.25, 0.3) is 0 Å². The summed E-state index contributed by atoms with van der Waals surface area (Å²) in [5, 5.41) is 21.3. The van der Waals surface area contributed by atoms with Crippen molar-refractivity contribution in [3.05, 3.63) is 29.5 Å². The molecule has 0 spiro atoms. The first kappa shape index (κ1) is 10.1. The van der Waals surface area contributed by atoms with Gasteiger partial charge in [0.1, 0.15) is 11.6 Å². The molecule has 0 bridgehead atoms. The van der Waals surface area contributed by atoms with Gasteiger partial charge in [0.15, 0.2) is 0 Å². The number of nitrogens with one attached hydrogen (secondary N) is 2. The minimum absolute atomic E-state index is 0.251. The van der Waals surface area contributed by atoms with E-state index in [0.29, 0.717) is 5.56 Å². The number of hydrogen-bond donors (Lipinski definition) is 2. The van der Waals surface area contributed by atoms with E-state index < -0.39 is 0 Å². The van der Waals surface area contributed by atoms with Gasteiger partial charge < -0.3 is 5.32 Å². The standard InChI is InChI=1S/C14H14N4/c15-7-9-2-1-3-11-12(9)17-18-13(11)14-6-10(14)4-5-16-8-14/h1-3,10,16H,4-6,8H2,(H,17,18). The van der Waals surface area contributed by atoms with Crippen molar-refractivity contribution in [2.75, 3.05) is 13.1 Å². The molecule has 0 radical (unpaired) electrons. The molecule has 4 nitrogen and oxygen atoms in total. The first-order valence-electron chi connectivity index (χ1n) is 6.43. The predicted molar refractivity (Wildman–Crippen MR) is 68.1 cm³/mol. The number of nitrogens with zero attached hydrogens (tertiary/aromatic N) is 2. The molecule has 1 aromatic carbocycles. The van der Waals surface area contributed by atoms with Gasteiger partial charge in [0.2, 0.25) is 0 Å². The number of rotatable bonds is 1. The number of aromatic nitrogens is 2. The lowest BCUT2D eigenvalue weighted by molar-refractivity contribution is 0.441. The summed E-state index contributed by atoms with van der Waals surface area (Å²) in [7, 11) is 0. The van der Waals surface area contributed by atoms with Crippen molar-refractivity contribution in [3.8, 4) is 6.07 Å². The molecular formula is C14H14N4. The summed E-state index contributed by atoms with van der Waals surface area (Å²) in [6.45, 7) is 2.16. The van der Waals surface area contributed by atoms with Gasteiger partial charge in [-0.1, -0.05) is 12.1 Å². The Labute approximate surface area is 105 Å². The Morgan fingerprint density at radius 2 is 2.39 bits per heavy atom. The van der Waals surface area contributed by atoms with Crippen molar-refractivity contribution >= 4 is 10.9 Å². The van der Waals surface area contributed by atoms with Crippen LogP contribution in [0.3, 0.4) is 0 Å². The number of benzene rings is 1. The summed E-state index contributed by atoms with van der Waals surface area (Å²) < 4.78 is 0. The van der Waals surface area contributed by atoms with Crippen LogP contribution < -0.4 is 5.32 Å². The van der Waals surface area contributed by atoms with E-state index in [1.807, 2.05) is 12.1 Å². The van der Waals surface area contributed by atoms with Crippen LogP contribution in [0.1, 0.15) is 24.1 Å². The summed E-state index contributed by atoms with van der Waals surface area (Å²) in [6.07, 6.45) is 2.49. The normalized spacial score (nSPS) is 29.8. The van der Waals surface area contributed by atoms with E-state index in [1.54, 1.807) is 0 Å². The summed E-state index contributed by atoms with van der Waals surface area (Å²) in [5.74, 6) is 0.785. The number of hydrogen-bond acceptors (Lipinski definition) is 3. The van der Waals surface area contributed by atoms with E-state index in [1.165, 1.54) is 18.5 Å². The van der Waals surface area contributed by atoms with Crippen LogP contribution in [0, 0.1) is 17.2 Å². The minimum atomic E-state index is 0.251. The summed E-state index contributed by atoms with van der Waals surface area (Å²) in [6, 6.07) is 8.07. The Morgan fingerprint density at radius 3 is 3.22 bits per heavy atom. The molecule has 4 heteroatoms. The number of nitriles is 1. The molecule has 1 aromatic heterocycles. The lowest BCUT2D eigenvalue weighted by atomic mass is 9.92. The molecule has 2 N–H and O–H groups in total. The summed E-state index contributed by atoms with van der Waals surface area (Å²) in [4.78, 5) is 0. The monoisotopic (exact) mass is 238 g/mol. The fraction of sp³-hybridized carbons (Fsp3) is 0.429. The maximum absolute atomic E-state index is 9.11. The fourth-order valence-corrected chi connectivity index (χ4v) is 3.47. The minimum Gasteiger partial charge on any atom is -0.316 e. The van der Waals surface area contributed by atoms with Gasteiger partial charge >= 0.3 is 0 Å². The van der Waals surface area contributed by atoms with Crippen molar-refractivity contribution in [3.63, 3.8) is 0 Å². The van der Waals surface area contributed by atoms with E-state index in [4.69, 9.17) is 5.26 Å². The Bertz CT molecular complexity index is 666. The van der Waals surface area contributed by atoms with E-state index in [9.17, 15) is 0 Å². The maximum atomic E-state index is 9.11. The highest BCUT2D eigenvalue weighted by atomic mass is 15.1. The third-order valence-corrected chi connectivity index (χ3v) is 4.55. The van der Waals surface area contributed by atoms with E-state index in [2.05, 4.69) is 27.6 Å². The molecule has 1 aliphatic carbocycles. The second-order valence-electron chi connectivity index (χ2n) is 5.43. The van der Waals surface area contributed by atoms with Crippen molar-refractivity contribution in [2.24, 2.45) is 5.92 Å². The van der Waals surface area contributed by atoms with Crippen LogP contribution in [0.25, 0.3) is 10.9 Å². The van der Waals surface area contributed by atoms with Gasteiger partial charge in [-0.25, -0.2) is 0 Å². The van der Waals surface area contributed by atoms with Gasteiger partial charge in [-0.2, -0.15) is 10.4 Å². The van der Waals surface area contributed by atoms with Crippen molar-refractivity contribution in [1.29, 1.82) is 5.26 Å². The molecule has 4 rings (SSSR count). The molecule has 90 valence electrons. The largest absolute Gasteiger partial charge is 0.316 e. The van der Waals surface area contributed by atoms with Gasteiger partial charge in [-0.15, -0.1) is 0 Å². The predicted octanol–water partition coefficient (Wildman–Crippen LogP) is 1.69. The molecule has 2 unspecified atom stereocenters. The average molecular weight is 238 g/mol. The highest BCUT2D eigenvalue weighted by Gasteiger charge is 2.57. The third kappa shape index (κ3) is 1.15. The molecule has 1 aliphatic heterocycles.